The number of fused-ring (bicyclic) bond motifs is 2. The Hall–Kier alpha value is -3.39. The summed E-state index contributed by atoms with van der Waals surface area (Å²) < 4.78 is 11.8. The van der Waals surface area contributed by atoms with Crippen molar-refractivity contribution in [1.82, 2.24) is 10.4 Å². The lowest BCUT2D eigenvalue weighted by molar-refractivity contribution is 0.0960. The highest BCUT2D eigenvalue weighted by Crippen LogP contribution is 2.31. The first kappa shape index (κ1) is 17.0. The largest absolute Gasteiger partial charge is 0.492 e. The molecule has 0 fully saturated rings. The molecule has 2 N–H and O–H groups in total. The van der Waals surface area contributed by atoms with Crippen molar-refractivity contribution < 1.29 is 13.9 Å². The lowest BCUT2D eigenvalue weighted by Crippen LogP contribution is -2.32. The van der Waals surface area contributed by atoms with Gasteiger partial charge in [-0.25, -0.2) is 4.98 Å². The van der Waals surface area contributed by atoms with Gasteiger partial charge < -0.3 is 9.15 Å². The summed E-state index contributed by atoms with van der Waals surface area (Å²) in [5, 5.41) is 0.835. The second-order valence-electron chi connectivity index (χ2n) is 5.61. The molecule has 4 aromatic rings. The Bertz CT molecular complexity index is 1200. The van der Waals surface area contributed by atoms with Gasteiger partial charge in [0, 0.05) is 0 Å². The highest BCUT2D eigenvalue weighted by molar-refractivity contribution is 7.22. The number of para-hydroxylation sites is 2. The number of nitrogens with zero attached hydrogens (tertiary/aromatic N) is 1. The average Bonchev–Trinajstić information content (AvgIpc) is 3.11. The molecule has 4 rings (SSSR count). The van der Waals surface area contributed by atoms with Crippen molar-refractivity contribution in [2.45, 2.75) is 6.92 Å². The third-order valence-corrected chi connectivity index (χ3v) is 4.83. The molecular formula is C19H15N3O4S. The molecule has 2 aromatic heterocycles. The molecule has 8 heteroatoms. The van der Waals surface area contributed by atoms with Gasteiger partial charge in [-0.05, 0) is 31.2 Å². The van der Waals surface area contributed by atoms with Gasteiger partial charge in [0.15, 0.2) is 0 Å². The van der Waals surface area contributed by atoms with E-state index in [-0.39, 0.29) is 11.0 Å². The average molecular weight is 381 g/mol. The first-order valence-electron chi connectivity index (χ1n) is 8.26. The zero-order valence-electron chi connectivity index (χ0n) is 14.3. The number of benzene rings is 2. The molecule has 0 aliphatic carbocycles. The van der Waals surface area contributed by atoms with Crippen LogP contribution in [0.15, 0.2) is 57.9 Å². The number of rotatable bonds is 5. The second-order valence-corrected chi connectivity index (χ2v) is 6.64. The van der Waals surface area contributed by atoms with Crippen LogP contribution in [0.2, 0.25) is 0 Å². The molecule has 0 aliphatic rings. The van der Waals surface area contributed by atoms with Gasteiger partial charge in [-0.3, -0.25) is 20.4 Å². The Morgan fingerprint density at radius 1 is 1.22 bits per heavy atom. The van der Waals surface area contributed by atoms with Crippen molar-refractivity contribution in [3.05, 3.63) is 64.5 Å². The summed E-state index contributed by atoms with van der Waals surface area (Å²) in [7, 11) is 0. The van der Waals surface area contributed by atoms with Crippen molar-refractivity contribution in [1.29, 1.82) is 0 Å². The molecule has 0 atom stereocenters. The van der Waals surface area contributed by atoms with E-state index in [9.17, 15) is 9.59 Å². The third kappa shape index (κ3) is 3.22. The molecule has 0 aliphatic heterocycles. The second kappa shape index (κ2) is 7.08. The Labute approximate surface area is 157 Å². The Morgan fingerprint density at radius 2 is 2.07 bits per heavy atom. The number of hydrogen-bond donors (Lipinski definition) is 2. The molecule has 2 aromatic carbocycles. The van der Waals surface area contributed by atoms with Crippen LogP contribution in [0.1, 0.15) is 17.3 Å². The summed E-state index contributed by atoms with van der Waals surface area (Å²) in [6.07, 6.45) is 1.16. The molecule has 0 saturated heterocycles. The fraction of sp³-hybridized carbons (Fsp3) is 0.105. The summed E-state index contributed by atoms with van der Waals surface area (Å²) >= 11 is 1.36. The molecule has 27 heavy (non-hydrogen) atoms. The van der Waals surface area contributed by atoms with Gasteiger partial charge in [-0.1, -0.05) is 29.5 Å². The summed E-state index contributed by atoms with van der Waals surface area (Å²) in [6, 6.07) is 12.4. The van der Waals surface area contributed by atoms with Crippen LogP contribution in [0, 0.1) is 0 Å². The normalized spacial score (nSPS) is 10.9. The summed E-state index contributed by atoms with van der Waals surface area (Å²) in [6.45, 7) is 2.44. The Kier molecular flexibility index (Phi) is 4.47. The van der Waals surface area contributed by atoms with E-state index < -0.39 is 5.91 Å². The van der Waals surface area contributed by atoms with Crippen molar-refractivity contribution in [3.63, 3.8) is 0 Å². The van der Waals surface area contributed by atoms with Crippen LogP contribution in [0.25, 0.3) is 21.2 Å². The van der Waals surface area contributed by atoms with Crippen LogP contribution < -0.4 is 21.0 Å². The molecule has 7 nitrogen and oxygen atoms in total. The van der Waals surface area contributed by atoms with E-state index in [1.165, 1.54) is 11.3 Å². The van der Waals surface area contributed by atoms with Gasteiger partial charge in [0.2, 0.25) is 10.6 Å². The van der Waals surface area contributed by atoms with Crippen LogP contribution in [0.5, 0.6) is 5.75 Å². The van der Waals surface area contributed by atoms with E-state index in [0.717, 1.165) is 11.0 Å². The summed E-state index contributed by atoms with van der Waals surface area (Å²) in [5.74, 6) is 0.0830. The fourth-order valence-corrected chi connectivity index (χ4v) is 3.50. The van der Waals surface area contributed by atoms with Gasteiger partial charge in [0.25, 0.3) is 5.91 Å². The smallest absolute Gasteiger partial charge is 0.276 e. The molecular weight excluding hydrogens is 366 g/mol. The predicted molar refractivity (Wildman–Crippen MR) is 104 cm³/mol. The maximum Gasteiger partial charge on any atom is 0.276 e. The monoisotopic (exact) mass is 381 g/mol. The minimum Gasteiger partial charge on any atom is -0.492 e. The van der Waals surface area contributed by atoms with E-state index in [4.69, 9.17) is 9.15 Å². The number of nitrogens with one attached hydrogen (secondary N) is 2. The molecule has 0 radical (unpaired) electrons. The predicted octanol–water partition coefficient (Wildman–Crippen LogP) is 3.56. The zero-order valence-corrected chi connectivity index (χ0v) is 15.1. The first-order chi connectivity index (χ1) is 13.2. The van der Waals surface area contributed by atoms with E-state index in [0.29, 0.717) is 34.0 Å². The number of carbonyl (C=O) groups is 1. The lowest BCUT2D eigenvalue weighted by Gasteiger charge is -2.05. The van der Waals surface area contributed by atoms with Gasteiger partial charge in [-0.2, -0.15) is 0 Å². The van der Waals surface area contributed by atoms with Gasteiger partial charge >= 0.3 is 0 Å². The van der Waals surface area contributed by atoms with E-state index >= 15 is 0 Å². The van der Waals surface area contributed by atoms with Crippen molar-refractivity contribution in [2.24, 2.45) is 0 Å². The van der Waals surface area contributed by atoms with Crippen LogP contribution >= 0.6 is 11.3 Å². The fourth-order valence-electron chi connectivity index (χ4n) is 2.66. The molecule has 2 heterocycles. The van der Waals surface area contributed by atoms with Crippen LogP contribution in [0.3, 0.4) is 0 Å². The first-order valence-corrected chi connectivity index (χ1v) is 9.08. The number of anilines is 1. The van der Waals surface area contributed by atoms with Gasteiger partial charge in [0.05, 0.1) is 16.7 Å². The van der Waals surface area contributed by atoms with E-state index in [1.807, 2.05) is 25.1 Å². The third-order valence-electron chi connectivity index (χ3n) is 3.89. The molecule has 136 valence electrons. The highest BCUT2D eigenvalue weighted by atomic mass is 32.1. The summed E-state index contributed by atoms with van der Waals surface area (Å²) in [5.41, 5.74) is 5.91. The molecule has 0 bridgehead atoms. The van der Waals surface area contributed by atoms with Crippen LogP contribution in [-0.2, 0) is 0 Å². The Morgan fingerprint density at radius 3 is 2.93 bits per heavy atom. The number of thiazole rings is 1. The quantitative estimate of drug-likeness (QED) is 0.514. The standard InChI is InChI=1S/C19H15N3O4S/c1-2-25-14-8-5-9-15-16(14)20-19(27-15)22-21-18(24)12-10-26-13-7-4-3-6-11(13)17(12)23/h3-10H,2H2,1H3,(H,20,22)(H,21,24). The van der Waals surface area contributed by atoms with Crippen molar-refractivity contribution in [2.75, 3.05) is 12.0 Å². The number of carbonyl (C=O) groups excluding carboxylic acids is 1. The minimum atomic E-state index is -0.598. The van der Waals surface area contributed by atoms with Crippen molar-refractivity contribution in [3.8, 4) is 5.75 Å². The van der Waals surface area contributed by atoms with E-state index in [2.05, 4.69) is 15.8 Å². The Balaban J connectivity index is 1.56. The van der Waals surface area contributed by atoms with Gasteiger partial charge in [0.1, 0.15) is 28.7 Å². The lowest BCUT2D eigenvalue weighted by atomic mass is 10.2. The maximum absolute atomic E-state index is 12.5. The molecule has 0 unspecified atom stereocenters. The zero-order chi connectivity index (χ0) is 18.8. The van der Waals surface area contributed by atoms with Crippen LogP contribution in [-0.4, -0.2) is 17.5 Å². The number of ether oxygens (including phenoxy) is 1. The molecule has 1 amide bonds. The van der Waals surface area contributed by atoms with E-state index in [1.54, 1.807) is 24.3 Å². The van der Waals surface area contributed by atoms with Crippen molar-refractivity contribution >= 4 is 43.6 Å². The number of hydrogen-bond acceptors (Lipinski definition) is 7. The van der Waals surface area contributed by atoms with Gasteiger partial charge in [-0.15, -0.1) is 0 Å². The highest BCUT2D eigenvalue weighted by Gasteiger charge is 2.15. The topological polar surface area (TPSA) is 93.5 Å². The summed E-state index contributed by atoms with van der Waals surface area (Å²) in [4.78, 5) is 29.3. The number of amides is 1. The SMILES string of the molecule is CCOc1cccc2sc(NNC(=O)c3coc4ccccc4c3=O)nc12. The minimum absolute atomic E-state index is 0.0858. The molecule has 0 spiro atoms. The number of aromatic nitrogens is 1. The van der Waals surface area contributed by atoms with Crippen LogP contribution in [0.4, 0.5) is 5.13 Å². The maximum atomic E-state index is 12.5. The number of hydrazine groups is 1. The molecule has 0 saturated carbocycles.